The van der Waals surface area contributed by atoms with Crippen LogP contribution in [0.1, 0.15) is 19.8 Å². The topological polar surface area (TPSA) is 209 Å². The maximum Gasteiger partial charge on any atom is 0.243 e. The van der Waals surface area contributed by atoms with Crippen LogP contribution in [0.2, 0.25) is 0 Å². The molecule has 0 aromatic carbocycles. The third-order valence-electron chi connectivity index (χ3n) is 4.14. The Morgan fingerprint density at radius 1 is 0.774 bits per heavy atom. The minimum Gasteiger partial charge on any atom is -0.368 e. The minimum absolute atomic E-state index is 0.271. The fourth-order valence-corrected chi connectivity index (χ4v) is 2.66. The number of hydrogen-bond acceptors (Lipinski definition) is 7. The highest BCUT2D eigenvalue weighted by molar-refractivity contribution is 5.93. The van der Waals surface area contributed by atoms with Gasteiger partial charge < -0.3 is 37.2 Å². The molecule has 0 spiro atoms. The molecule has 14 heteroatoms. The second-order valence-electron chi connectivity index (χ2n) is 6.67. The smallest absolute Gasteiger partial charge is 0.243 e. The molecule has 172 valence electrons. The molecular formula is C17H27N7O7. The Morgan fingerprint density at radius 2 is 1.29 bits per heavy atom. The first-order chi connectivity index (χ1) is 14.6. The summed E-state index contributed by atoms with van der Waals surface area (Å²) in [6.07, 6.45) is 0.971. The normalized spacial score (nSPS) is 14.9. The first kappa shape index (κ1) is 25.3. The average molecular weight is 441 g/mol. The summed E-state index contributed by atoms with van der Waals surface area (Å²) in [6, 6.07) is -0.786. The van der Waals surface area contributed by atoms with Crippen LogP contribution in [0.25, 0.3) is 0 Å². The van der Waals surface area contributed by atoms with Crippen LogP contribution in [0.15, 0.2) is 0 Å². The summed E-state index contributed by atoms with van der Waals surface area (Å²) in [5, 5.41) is 11.5. The van der Waals surface area contributed by atoms with E-state index in [9.17, 15) is 33.6 Å². The lowest BCUT2D eigenvalue weighted by Gasteiger charge is -2.24. The largest absolute Gasteiger partial charge is 0.368 e. The Hall–Kier alpha value is -3.71. The van der Waals surface area contributed by atoms with E-state index in [1.807, 2.05) is 0 Å². The van der Waals surface area contributed by atoms with Gasteiger partial charge in [-0.1, -0.05) is 0 Å². The summed E-state index contributed by atoms with van der Waals surface area (Å²) in [4.78, 5) is 82.0. The van der Waals surface area contributed by atoms with Crippen LogP contribution in [0.5, 0.6) is 0 Å². The van der Waals surface area contributed by atoms with Crippen LogP contribution in [0, 0.1) is 0 Å². The number of amides is 7. The second kappa shape index (κ2) is 12.8. The summed E-state index contributed by atoms with van der Waals surface area (Å²) in [5.41, 5.74) is 4.90. The van der Waals surface area contributed by atoms with Crippen molar-refractivity contribution >= 4 is 41.4 Å². The molecule has 1 saturated heterocycles. The van der Waals surface area contributed by atoms with Crippen molar-refractivity contribution in [2.24, 2.45) is 5.73 Å². The fraction of sp³-hybridized carbons (Fsp3) is 0.588. The van der Waals surface area contributed by atoms with Gasteiger partial charge in [-0.25, -0.2) is 0 Å². The zero-order valence-electron chi connectivity index (χ0n) is 17.1. The van der Waals surface area contributed by atoms with Crippen LogP contribution in [-0.4, -0.2) is 91.6 Å². The van der Waals surface area contributed by atoms with E-state index >= 15 is 0 Å². The number of rotatable bonds is 11. The van der Waals surface area contributed by atoms with Crippen LogP contribution in [-0.2, 0) is 33.6 Å². The van der Waals surface area contributed by atoms with Gasteiger partial charge in [0.2, 0.25) is 41.4 Å². The molecule has 7 N–H and O–H groups in total. The Bertz CT molecular complexity index is 740. The van der Waals surface area contributed by atoms with Crippen molar-refractivity contribution in [2.45, 2.75) is 25.8 Å². The van der Waals surface area contributed by atoms with E-state index in [2.05, 4.69) is 26.6 Å². The molecule has 0 aliphatic carbocycles. The maximum atomic E-state index is 12.4. The van der Waals surface area contributed by atoms with E-state index < -0.39 is 41.5 Å². The molecule has 0 aromatic heterocycles. The number of nitrogens with two attached hydrogens (primary N) is 1. The molecule has 1 aliphatic rings. The van der Waals surface area contributed by atoms with Gasteiger partial charge in [0.05, 0.1) is 32.7 Å². The quantitative estimate of drug-likeness (QED) is 0.184. The fourth-order valence-electron chi connectivity index (χ4n) is 2.66. The van der Waals surface area contributed by atoms with E-state index in [1.165, 1.54) is 11.8 Å². The van der Waals surface area contributed by atoms with Gasteiger partial charge in [-0.05, 0) is 12.8 Å². The summed E-state index contributed by atoms with van der Waals surface area (Å²) in [7, 11) is 0. The molecule has 31 heavy (non-hydrogen) atoms. The van der Waals surface area contributed by atoms with Crippen LogP contribution in [0.3, 0.4) is 0 Å². The molecule has 0 saturated carbocycles. The standard InChI is InChI=1S/C17H27N7O7/c1-10(25)19-6-13(27)21-7-14(28)22-9-16(30)24-4-2-3-11(24)17(31)23-8-15(29)20-5-12(18)26/h11H,2-9H2,1H3,(H2,18,26)(H,19,25)(H,20,29)(H,21,27)(H,22,28)(H,23,31)/t11-/m0/s1. The molecule has 0 aromatic rings. The van der Waals surface area contributed by atoms with Gasteiger partial charge in [0.1, 0.15) is 6.04 Å². The van der Waals surface area contributed by atoms with Gasteiger partial charge in [-0.3, -0.25) is 33.6 Å². The molecule has 7 amide bonds. The molecule has 14 nitrogen and oxygen atoms in total. The molecule has 0 radical (unpaired) electrons. The van der Waals surface area contributed by atoms with Gasteiger partial charge in [-0.15, -0.1) is 0 Å². The average Bonchev–Trinajstić information content (AvgIpc) is 3.21. The third kappa shape index (κ3) is 10.0. The number of likely N-dealkylation sites (tertiary alicyclic amines) is 1. The summed E-state index contributed by atoms with van der Waals surface area (Å²) >= 11 is 0. The van der Waals surface area contributed by atoms with Crippen LogP contribution in [0.4, 0.5) is 0 Å². The number of hydrogen-bond donors (Lipinski definition) is 6. The molecule has 1 fully saturated rings. The Labute approximate surface area is 178 Å². The number of primary amides is 1. The lowest BCUT2D eigenvalue weighted by atomic mass is 10.2. The van der Waals surface area contributed by atoms with Crippen LogP contribution < -0.4 is 32.3 Å². The monoisotopic (exact) mass is 441 g/mol. The van der Waals surface area contributed by atoms with Crippen molar-refractivity contribution in [3.05, 3.63) is 0 Å². The van der Waals surface area contributed by atoms with Crippen molar-refractivity contribution in [3.63, 3.8) is 0 Å². The zero-order valence-corrected chi connectivity index (χ0v) is 17.1. The molecule has 1 rings (SSSR count). The van der Waals surface area contributed by atoms with Gasteiger partial charge in [0.15, 0.2) is 0 Å². The maximum absolute atomic E-state index is 12.4. The van der Waals surface area contributed by atoms with Crippen molar-refractivity contribution in [2.75, 3.05) is 39.3 Å². The van der Waals surface area contributed by atoms with Gasteiger partial charge in [-0.2, -0.15) is 0 Å². The first-order valence-electron chi connectivity index (χ1n) is 9.50. The highest BCUT2D eigenvalue weighted by Crippen LogP contribution is 2.17. The van der Waals surface area contributed by atoms with Crippen molar-refractivity contribution in [3.8, 4) is 0 Å². The van der Waals surface area contributed by atoms with E-state index in [4.69, 9.17) is 5.73 Å². The molecule has 0 bridgehead atoms. The zero-order chi connectivity index (χ0) is 23.4. The van der Waals surface area contributed by atoms with Crippen molar-refractivity contribution in [1.29, 1.82) is 0 Å². The van der Waals surface area contributed by atoms with Gasteiger partial charge >= 0.3 is 0 Å². The SMILES string of the molecule is CC(=O)NCC(=O)NCC(=O)NCC(=O)N1CCC[C@H]1C(=O)NCC(=O)NCC(N)=O. The molecule has 1 heterocycles. The third-order valence-corrected chi connectivity index (χ3v) is 4.14. The lowest BCUT2D eigenvalue weighted by molar-refractivity contribution is -0.139. The van der Waals surface area contributed by atoms with E-state index in [0.717, 1.165) is 0 Å². The minimum atomic E-state index is -0.786. The van der Waals surface area contributed by atoms with Gasteiger partial charge in [0, 0.05) is 13.5 Å². The molecule has 1 aliphatic heterocycles. The highest BCUT2D eigenvalue weighted by Gasteiger charge is 2.34. The highest BCUT2D eigenvalue weighted by atomic mass is 16.2. The summed E-state index contributed by atoms with van der Waals surface area (Å²) < 4.78 is 0. The molecule has 1 atom stereocenters. The number of carbonyl (C=O) groups is 7. The van der Waals surface area contributed by atoms with E-state index in [-0.39, 0.29) is 38.6 Å². The van der Waals surface area contributed by atoms with Crippen molar-refractivity contribution < 1.29 is 33.6 Å². The van der Waals surface area contributed by atoms with Gasteiger partial charge in [0.25, 0.3) is 0 Å². The molecule has 0 unspecified atom stereocenters. The van der Waals surface area contributed by atoms with Crippen molar-refractivity contribution in [1.82, 2.24) is 31.5 Å². The second-order valence-corrected chi connectivity index (χ2v) is 6.67. The van der Waals surface area contributed by atoms with E-state index in [1.54, 1.807) is 0 Å². The number of nitrogens with zero attached hydrogens (tertiary/aromatic N) is 1. The Kier molecular flexibility index (Phi) is 10.4. The number of nitrogens with one attached hydrogen (secondary N) is 5. The summed E-state index contributed by atoms with van der Waals surface area (Å²) in [5.74, 6) is -3.91. The predicted octanol–water partition coefficient (Wildman–Crippen LogP) is -4.94. The Morgan fingerprint density at radius 3 is 1.87 bits per heavy atom. The lowest BCUT2D eigenvalue weighted by Crippen LogP contribution is -2.51. The molecular weight excluding hydrogens is 414 g/mol. The Balaban J connectivity index is 2.37. The predicted molar refractivity (Wildman–Crippen MR) is 105 cm³/mol. The van der Waals surface area contributed by atoms with E-state index in [0.29, 0.717) is 19.4 Å². The first-order valence-corrected chi connectivity index (χ1v) is 9.50. The van der Waals surface area contributed by atoms with Crippen LogP contribution >= 0.6 is 0 Å². The number of carbonyl (C=O) groups excluding carboxylic acids is 7. The summed E-state index contributed by atoms with van der Waals surface area (Å²) in [6.45, 7) is -0.188.